The van der Waals surface area contributed by atoms with Gasteiger partial charge in [-0.15, -0.1) is 11.3 Å². The van der Waals surface area contributed by atoms with Crippen LogP contribution in [-0.2, 0) is 0 Å². The molecule has 8 nitrogen and oxygen atoms in total. The lowest BCUT2D eigenvalue weighted by Gasteiger charge is -2.09. The first-order chi connectivity index (χ1) is 17.5. The second kappa shape index (κ2) is 7.82. The number of fused-ring (bicyclic) bond motifs is 9. The van der Waals surface area contributed by atoms with Crippen LogP contribution in [0.2, 0.25) is 0 Å². The molecule has 7 rings (SSSR count). The number of hydrogen-bond donors (Lipinski definition) is 2. The molecule has 0 atom stereocenters. The summed E-state index contributed by atoms with van der Waals surface area (Å²) in [6.07, 6.45) is 5.78. The third kappa shape index (κ3) is 3.24. The quantitative estimate of drug-likeness (QED) is 0.288. The van der Waals surface area contributed by atoms with Crippen molar-refractivity contribution in [3.8, 4) is 11.3 Å². The maximum absolute atomic E-state index is 13.5. The van der Waals surface area contributed by atoms with Crippen LogP contribution in [0.4, 0.5) is 0 Å². The van der Waals surface area contributed by atoms with Crippen molar-refractivity contribution in [1.29, 1.82) is 0 Å². The van der Waals surface area contributed by atoms with Crippen LogP contribution < -0.4 is 0 Å². The molecule has 36 heavy (non-hydrogen) atoms. The van der Waals surface area contributed by atoms with Gasteiger partial charge in [-0.1, -0.05) is 26.0 Å². The van der Waals surface area contributed by atoms with Gasteiger partial charge >= 0.3 is 0 Å². The maximum Gasteiger partial charge on any atom is 0.232 e. The fourth-order valence-electron chi connectivity index (χ4n) is 4.71. The molecule has 5 aromatic rings. The monoisotopic (exact) mass is 491 g/mol. The highest BCUT2D eigenvalue weighted by molar-refractivity contribution is 7.24. The molecule has 0 saturated carbocycles. The van der Waals surface area contributed by atoms with E-state index in [1.807, 2.05) is 24.3 Å². The fraction of sp³-hybridized carbons (Fsp3) is 0.148. The van der Waals surface area contributed by atoms with E-state index in [0.29, 0.717) is 17.7 Å². The predicted molar refractivity (Wildman–Crippen MR) is 144 cm³/mol. The highest BCUT2D eigenvalue weighted by Crippen LogP contribution is 2.32. The molecule has 0 aliphatic carbocycles. The first-order valence-corrected chi connectivity index (χ1v) is 12.6. The number of nitrogens with one attached hydrogen (secondary N) is 2. The number of imidazole rings is 1. The van der Waals surface area contributed by atoms with E-state index in [1.165, 1.54) is 0 Å². The Morgan fingerprint density at radius 2 is 1.92 bits per heavy atom. The van der Waals surface area contributed by atoms with Crippen LogP contribution in [0.15, 0.2) is 61.1 Å². The molecule has 0 radical (unpaired) electrons. The van der Waals surface area contributed by atoms with Crippen LogP contribution in [0.3, 0.4) is 0 Å². The number of aromatic nitrogens is 7. The fourth-order valence-corrected chi connectivity index (χ4v) is 5.78. The lowest BCUT2D eigenvalue weighted by molar-refractivity contribution is 0.0897. The Kier molecular flexibility index (Phi) is 4.55. The Labute approximate surface area is 208 Å². The molecule has 0 fully saturated rings. The van der Waals surface area contributed by atoms with E-state index in [-0.39, 0.29) is 11.8 Å². The lowest BCUT2D eigenvalue weighted by atomic mass is 10.1. The molecule has 0 amide bonds. The molecule has 1 aromatic carbocycles. The highest BCUT2D eigenvalue weighted by atomic mass is 32.1. The van der Waals surface area contributed by atoms with Crippen molar-refractivity contribution >= 4 is 70.8 Å². The molecule has 9 heteroatoms. The molecule has 176 valence electrons. The van der Waals surface area contributed by atoms with Crippen LogP contribution >= 0.6 is 11.3 Å². The summed E-state index contributed by atoms with van der Waals surface area (Å²) in [5, 5.41) is 9.09. The molecular weight excluding hydrogens is 470 g/mol. The van der Waals surface area contributed by atoms with Gasteiger partial charge in [-0.3, -0.25) is 24.5 Å². The second-order valence-corrected chi connectivity index (χ2v) is 10.4. The van der Waals surface area contributed by atoms with Gasteiger partial charge in [-0.25, -0.2) is 15.0 Å². The van der Waals surface area contributed by atoms with E-state index >= 15 is 0 Å². The van der Waals surface area contributed by atoms with Crippen LogP contribution in [-0.4, -0.2) is 40.6 Å². The SMILES string of the molecule is CC(C)CC(=O)n1c2cncc(c2)c2cnc3[nH][nH]c(c4nc5cccc(c6ccc1s6)c5n4)-c3c2. The van der Waals surface area contributed by atoms with Crippen molar-refractivity contribution < 1.29 is 4.79 Å². The first-order valence-electron chi connectivity index (χ1n) is 11.8. The zero-order chi connectivity index (χ0) is 24.4. The van der Waals surface area contributed by atoms with Gasteiger partial charge in [-0.2, -0.15) is 0 Å². The Morgan fingerprint density at radius 1 is 1.03 bits per heavy atom. The van der Waals surface area contributed by atoms with Crippen molar-refractivity contribution in [2.45, 2.75) is 20.3 Å². The van der Waals surface area contributed by atoms with Gasteiger partial charge < -0.3 is 0 Å². The molecular formula is C27H21N7OS. The minimum Gasteiger partial charge on any atom is -0.295 e. The van der Waals surface area contributed by atoms with E-state index in [0.717, 1.165) is 53.5 Å². The summed E-state index contributed by atoms with van der Waals surface area (Å²) < 4.78 is 2.81. The Bertz CT molecular complexity index is 1990. The van der Waals surface area contributed by atoms with E-state index in [1.54, 1.807) is 34.5 Å². The van der Waals surface area contributed by atoms with E-state index in [9.17, 15) is 4.79 Å². The number of carbonyl (C=O) groups excluding carboxylic acids is 1. The average molecular weight is 492 g/mol. The number of aromatic amines is 2. The topological polar surface area (TPSA) is 105 Å². The Balaban J connectivity index is 1.70. The van der Waals surface area contributed by atoms with Crippen LogP contribution in [0, 0.1) is 5.92 Å². The lowest BCUT2D eigenvalue weighted by Crippen LogP contribution is -2.13. The third-order valence-corrected chi connectivity index (χ3v) is 7.47. The maximum atomic E-state index is 13.5. The van der Waals surface area contributed by atoms with Crippen molar-refractivity contribution in [2.75, 3.05) is 0 Å². The standard InChI is InChI=1S/C27H21N7OS/c1-14(2)8-22(35)34-17-9-15(11-28-13-17)16-10-19-25(32-33-26(19)29-12-16)27-30-20-5-3-4-18(24(20)31-27)21-6-7-23(34)36-21/h3-7,9-14,32H,8H2,1-2H3,(H,29,33). The van der Waals surface area contributed by atoms with Crippen LogP contribution in [0.5, 0.6) is 0 Å². The van der Waals surface area contributed by atoms with Gasteiger partial charge in [0.2, 0.25) is 5.91 Å². The number of rotatable bonds is 2. The number of benzene rings is 1. The van der Waals surface area contributed by atoms with Gasteiger partial charge in [0, 0.05) is 45.2 Å². The van der Waals surface area contributed by atoms with Gasteiger partial charge in [0.25, 0.3) is 0 Å². The van der Waals surface area contributed by atoms with Crippen molar-refractivity contribution in [3.05, 3.63) is 61.1 Å². The van der Waals surface area contributed by atoms with Crippen molar-refractivity contribution in [2.24, 2.45) is 5.92 Å². The highest BCUT2D eigenvalue weighted by Gasteiger charge is 2.16. The smallest absolute Gasteiger partial charge is 0.232 e. The molecule has 2 N–H and O–H groups in total. The summed E-state index contributed by atoms with van der Waals surface area (Å²) in [6, 6.07) is 14.1. The van der Waals surface area contributed by atoms with E-state index in [4.69, 9.17) is 9.97 Å². The molecule has 8 bridgehead atoms. The predicted octanol–water partition coefficient (Wildman–Crippen LogP) is 6.47. The summed E-state index contributed by atoms with van der Waals surface area (Å²) in [7, 11) is 0. The summed E-state index contributed by atoms with van der Waals surface area (Å²) >= 11 is 1.56. The molecule has 4 aromatic heterocycles. The van der Waals surface area contributed by atoms with E-state index in [2.05, 4.69) is 52.2 Å². The van der Waals surface area contributed by atoms with Crippen molar-refractivity contribution in [1.82, 2.24) is 34.7 Å². The Morgan fingerprint density at radius 3 is 2.81 bits per heavy atom. The van der Waals surface area contributed by atoms with Crippen molar-refractivity contribution in [3.63, 3.8) is 0 Å². The largest absolute Gasteiger partial charge is 0.295 e. The zero-order valence-corrected chi connectivity index (χ0v) is 20.4. The molecule has 0 unspecified atom stereocenters. The number of H-pyrrole nitrogens is 2. The molecule has 2 aliphatic heterocycles. The zero-order valence-electron chi connectivity index (χ0n) is 19.6. The minimum absolute atomic E-state index is 0.0337. The average Bonchev–Trinajstić information content (AvgIpc) is 3.60. The molecule has 0 spiro atoms. The van der Waals surface area contributed by atoms with Gasteiger partial charge in [-0.05, 0) is 36.2 Å². The summed E-state index contributed by atoms with van der Waals surface area (Å²) in [5.74, 6) is 0.262. The first kappa shape index (κ1) is 21.0. The normalized spacial score (nSPS) is 12.1. The van der Waals surface area contributed by atoms with Gasteiger partial charge in [0.15, 0.2) is 11.3 Å². The number of nitrogens with zero attached hydrogens (tertiary/aromatic N) is 5. The van der Waals surface area contributed by atoms with E-state index < -0.39 is 0 Å². The molecule has 2 aliphatic rings. The Hall–Kier alpha value is -4.37. The molecule has 0 saturated heterocycles. The van der Waals surface area contributed by atoms with Gasteiger partial charge in [0.1, 0.15) is 10.5 Å². The number of carbonyl (C=O) groups is 1. The van der Waals surface area contributed by atoms with Gasteiger partial charge in [0.05, 0.1) is 22.7 Å². The second-order valence-electron chi connectivity index (χ2n) is 9.36. The third-order valence-electron chi connectivity index (χ3n) is 6.37. The van der Waals surface area contributed by atoms with Crippen LogP contribution in [0.25, 0.3) is 64.8 Å². The number of pyridine rings is 2. The number of thiophene rings is 1. The molecule has 6 heterocycles. The number of para-hydroxylation sites is 1. The number of hydrogen-bond acceptors (Lipinski definition) is 6. The summed E-state index contributed by atoms with van der Waals surface area (Å²) in [4.78, 5) is 33.3. The summed E-state index contributed by atoms with van der Waals surface area (Å²) in [6.45, 7) is 4.11. The minimum atomic E-state index is 0.0337. The van der Waals surface area contributed by atoms with Crippen LogP contribution in [0.1, 0.15) is 25.1 Å². The summed E-state index contributed by atoms with van der Waals surface area (Å²) in [5.41, 5.74) is 5.36.